The minimum atomic E-state index is -0.507. The number of nitrogens with one attached hydrogen (secondary N) is 1. The van der Waals surface area contributed by atoms with Crippen molar-refractivity contribution in [3.63, 3.8) is 0 Å². The molecule has 0 heterocycles. The van der Waals surface area contributed by atoms with Gasteiger partial charge in [-0.2, -0.15) is 0 Å². The highest BCUT2D eigenvalue weighted by atomic mass is 16.2. The molecule has 0 unspecified atom stereocenters. The van der Waals surface area contributed by atoms with E-state index in [1.807, 2.05) is 6.07 Å². The Balaban J connectivity index is 2.50. The smallest absolute Gasteiger partial charge is 0.248 e. The van der Waals surface area contributed by atoms with Crippen LogP contribution in [0.1, 0.15) is 22.8 Å². The molecule has 0 aromatic heterocycles. The molecule has 17 heavy (non-hydrogen) atoms. The van der Waals surface area contributed by atoms with Crippen molar-refractivity contribution >= 4 is 11.8 Å². The van der Waals surface area contributed by atoms with E-state index in [4.69, 9.17) is 11.5 Å². The van der Waals surface area contributed by atoms with Crippen LogP contribution in [0.5, 0.6) is 0 Å². The Bertz CT molecular complexity index is 416. The molecule has 5 N–H and O–H groups in total. The molecule has 0 radical (unpaired) electrons. The molecule has 0 aliphatic heterocycles. The van der Waals surface area contributed by atoms with E-state index in [-0.39, 0.29) is 5.91 Å². The van der Waals surface area contributed by atoms with Crippen LogP contribution in [0.4, 0.5) is 0 Å². The molecule has 0 spiro atoms. The molecule has 1 atom stereocenters. The third-order valence-electron chi connectivity index (χ3n) is 2.34. The largest absolute Gasteiger partial charge is 0.366 e. The van der Waals surface area contributed by atoms with Gasteiger partial charge in [-0.1, -0.05) is 12.1 Å². The van der Waals surface area contributed by atoms with E-state index in [1.54, 1.807) is 25.1 Å². The number of primary amides is 1. The molecule has 1 rings (SSSR count). The summed E-state index contributed by atoms with van der Waals surface area (Å²) in [6.07, 6.45) is 0.638. The summed E-state index contributed by atoms with van der Waals surface area (Å²) in [7, 11) is 0. The molecule has 1 aromatic rings. The van der Waals surface area contributed by atoms with E-state index < -0.39 is 11.9 Å². The summed E-state index contributed by atoms with van der Waals surface area (Å²) in [5.41, 5.74) is 12.0. The predicted octanol–water partition coefficient (Wildman–Crippen LogP) is -0.209. The van der Waals surface area contributed by atoms with Crippen molar-refractivity contribution in [1.29, 1.82) is 0 Å². The minimum absolute atomic E-state index is 0.184. The highest BCUT2D eigenvalue weighted by Crippen LogP contribution is 2.04. The first-order chi connectivity index (χ1) is 8.00. The quantitative estimate of drug-likeness (QED) is 0.658. The number of hydrogen-bond donors (Lipinski definition) is 3. The summed E-state index contributed by atoms with van der Waals surface area (Å²) in [5.74, 6) is -0.637. The summed E-state index contributed by atoms with van der Waals surface area (Å²) in [6.45, 7) is 2.12. The normalized spacial score (nSPS) is 11.9. The van der Waals surface area contributed by atoms with Crippen molar-refractivity contribution < 1.29 is 9.59 Å². The second-order valence-electron chi connectivity index (χ2n) is 3.89. The Kier molecular flexibility index (Phi) is 4.66. The Hall–Kier alpha value is -1.88. The van der Waals surface area contributed by atoms with Gasteiger partial charge in [-0.3, -0.25) is 9.59 Å². The average molecular weight is 235 g/mol. The summed E-state index contributed by atoms with van der Waals surface area (Å²) < 4.78 is 0. The molecule has 0 bridgehead atoms. The maximum Gasteiger partial charge on any atom is 0.248 e. The Morgan fingerprint density at radius 2 is 2.12 bits per heavy atom. The standard InChI is InChI=1S/C12H17N3O2/c1-8(13)12(17)15-6-5-9-3-2-4-10(7-9)11(14)16/h2-4,7-8H,5-6,13H2,1H3,(H2,14,16)(H,15,17)/t8-/m1/s1. The SMILES string of the molecule is C[C@@H](N)C(=O)NCCc1cccc(C(N)=O)c1. The molecule has 92 valence electrons. The molecule has 5 nitrogen and oxygen atoms in total. The maximum atomic E-state index is 11.2. The number of amides is 2. The summed E-state index contributed by atoms with van der Waals surface area (Å²) in [6, 6.07) is 6.52. The molecule has 0 aliphatic carbocycles. The Morgan fingerprint density at radius 3 is 2.71 bits per heavy atom. The fourth-order valence-electron chi connectivity index (χ4n) is 1.37. The van der Waals surface area contributed by atoms with Gasteiger partial charge in [-0.25, -0.2) is 0 Å². The lowest BCUT2D eigenvalue weighted by Gasteiger charge is -2.08. The monoisotopic (exact) mass is 235 g/mol. The van der Waals surface area contributed by atoms with Crippen LogP contribution >= 0.6 is 0 Å². The van der Waals surface area contributed by atoms with Crippen molar-refractivity contribution in [2.75, 3.05) is 6.54 Å². The first-order valence-corrected chi connectivity index (χ1v) is 5.42. The second kappa shape index (κ2) is 6.00. The number of hydrogen-bond acceptors (Lipinski definition) is 3. The first kappa shape index (κ1) is 13.2. The van der Waals surface area contributed by atoms with Crippen LogP contribution < -0.4 is 16.8 Å². The molecule has 0 aliphatic rings. The molecule has 0 fully saturated rings. The minimum Gasteiger partial charge on any atom is -0.366 e. The van der Waals surface area contributed by atoms with Crippen LogP contribution in [0.15, 0.2) is 24.3 Å². The lowest BCUT2D eigenvalue weighted by Crippen LogP contribution is -2.39. The van der Waals surface area contributed by atoms with Crippen LogP contribution in [-0.4, -0.2) is 24.4 Å². The van der Waals surface area contributed by atoms with Gasteiger partial charge in [-0.15, -0.1) is 0 Å². The van der Waals surface area contributed by atoms with Crippen LogP contribution in [0.3, 0.4) is 0 Å². The third-order valence-corrected chi connectivity index (χ3v) is 2.34. The van der Waals surface area contributed by atoms with Crippen LogP contribution in [0.25, 0.3) is 0 Å². The first-order valence-electron chi connectivity index (χ1n) is 5.42. The van der Waals surface area contributed by atoms with Crippen molar-refractivity contribution in [2.45, 2.75) is 19.4 Å². The third kappa shape index (κ3) is 4.24. The lowest BCUT2D eigenvalue weighted by atomic mass is 10.1. The molecular weight excluding hydrogens is 218 g/mol. The molecule has 1 aromatic carbocycles. The number of carbonyl (C=O) groups is 2. The van der Waals surface area contributed by atoms with Gasteiger partial charge < -0.3 is 16.8 Å². The van der Waals surface area contributed by atoms with Gasteiger partial charge in [0, 0.05) is 12.1 Å². The molecular formula is C12H17N3O2. The van der Waals surface area contributed by atoms with Crippen LogP contribution in [0.2, 0.25) is 0 Å². The molecule has 5 heteroatoms. The highest BCUT2D eigenvalue weighted by molar-refractivity contribution is 5.92. The lowest BCUT2D eigenvalue weighted by molar-refractivity contribution is -0.121. The second-order valence-corrected chi connectivity index (χ2v) is 3.89. The molecule has 0 saturated heterocycles. The van der Waals surface area contributed by atoms with E-state index in [2.05, 4.69) is 5.32 Å². The van der Waals surface area contributed by atoms with Gasteiger partial charge in [0.15, 0.2) is 0 Å². The number of carbonyl (C=O) groups excluding carboxylic acids is 2. The molecule has 0 saturated carbocycles. The highest BCUT2D eigenvalue weighted by Gasteiger charge is 2.06. The Morgan fingerprint density at radius 1 is 1.41 bits per heavy atom. The van der Waals surface area contributed by atoms with Gasteiger partial charge in [0.05, 0.1) is 6.04 Å². The van der Waals surface area contributed by atoms with Crippen LogP contribution in [-0.2, 0) is 11.2 Å². The van der Waals surface area contributed by atoms with E-state index in [1.165, 1.54) is 0 Å². The van der Waals surface area contributed by atoms with E-state index in [0.717, 1.165) is 5.56 Å². The average Bonchev–Trinajstić information content (AvgIpc) is 2.29. The predicted molar refractivity (Wildman–Crippen MR) is 65.3 cm³/mol. The zero-order chi connectivity index (χ0) is 12.8. The fourth-order valence-corrected chi connectivity index (χ4v) is 1.37. The van der Waals surface area contributed by atoms with E-state index in [0.29, 0.717) is 18.5 Å². The summed E-state index contributed by atoms with van der Waals surface area (Å²) >= 11 is 0. The van der Waals surface area contributed by atoms with Crippen molar-refractivity contribution in [3.8, 4) is 0 Å². The number of nitrogens with two attached hydrogens (primary N) is 2. The van der Waals surface area contributed by atoms with Gasteiger partial charge >= 0.3 is 0 Å². The summed E-state index contributed by atoms with van der Waals surface area (Å²) in [4.78, 5) is 22.2. The van der Waals surface area contributed by atoms with Crippen LogP contribution in [0, 0.1) is 0 Å². The van der Waals surface area contributed by atoms with E-state index >= 15 is 0 Å². The number of rotatable bonds is 5. The molecule has 2 amide bonds. The zero-order valence-electron chi connectivity index (χ0n) is 9.77. The van der Waals surface area contributed by atoms with Crippen molar-refractivity contribution in [1.82, 2.24) is 5.32 Å². The maximum absolute atomic E-state index is 11.2. The van der Waals surface area contributed by atoms with Gasteiger partial charge in [0.2, 0.25) is 11.8 Å². The Labute approximate surface area is 100 Å². The number of benzene rings is 1. The topological polar surface area (TPSA) is 98.2 Å². The van der Waals surface area contributed by atoms with Gasteiger partial charge in [-0.05, 0) is 31.0 Å². The van der Waals surface area contributed by atoms with E-state index in [9.17, 15) is 9.59 Å². The fraction of sp³-hybridized carbons (Fsp3) is 0.333. The zero-order valence-corrected chi connectivity index (χ0v) is 9.77. The van der Waals surface area contributed by atoms with Gasteiger partial charge in [0.25, 0.3) is 0 Å². The van der Waals surface area contributed by atoms with Gasteiger partial charge in [0.1, 0.15) is 0 Å². The van der Waals surface area contributed by atoms with Crippen molar-refractivity contribution in [3.05, 3.63) is 35.4 Å². The summed E-state index contributed by atoms with van der Waals surface area (Å²) in [5, 5.41) is 2.70. The van der Waals surface area contributed by atoms with Crippen molar-refractivity contribution in [2.24, 2.45) is 11.5 Å².